The molecule has 0 N–H and O–H groups in total. The van der Waals surface area contributed by atoms with E-state index in [1.807, 2.05) is 54.7 Å². The van der Waals surface area contributed by atoms with Crippen molar-refractivity contribution < 1.29 is 9.53 Å². The zero-order valence-electron chi connectivity index (χ0n) is 15.6. The molecule has 0 radical (unpaired) electrons. The molecule has 0 fully saturated rings. The third-order valence-electron chi connectivity index (χ3n) is 4.53. The van der Waals surface area contributed by atoms with Crippen LogP contribution in [0.5, 0.6) is 0 Å². The van der Waals surface area contributed by atoms with Crippen molar-refractivity contribution in [2.24, 2.45) is 0 Å². The molecule has 1 heterocycles. The predicted molar refractivity (Wildman–Crippen MR) is 113 cm³/mol. The van der Waals surface area contributed by atoms with E-state index in [0.29, 0.717) is 36.8 Å². The molecule has 3 rings (SSSR count). The summed E-state index contributed by atoms with van der Waals surface area (Å²) in [4.78, 5) is 14.8. The molecule has 0 aliphatic heterocycles. The molecule has 0 saturated heterocycles. The number of ether oxygens (including phenoxy) is 1. The molecular formula is C22H22Cl2N2O2. The van der Waals surface area contributed by atoms with Crippen LogP contribution in [-0.2, 0) is 17.8 Å². The Morgan fingerprint density at radius 1 is 1.00 bits per heavy atom. The SMILES string of the molecule is COCCN(Cc1cccn1Cc1ccccc1Cl)C(=O)c1ccccc1Cl. The summed E-state index contributed by atoms with van der Waals surface area (Å²) in [5.74, 6) is -0.117. The number of methoxy groups -OCH3 is 1. The van der Waals surface area contributed by atoms with Gasteiger partial charge < -0.3 is 14.2 Å². The van der Waals surface area contributed by atoms with Crippen LogP contribution in [0, 0.1) is 0 Å². The van der Waals surface area contributed by atoms with E-state index in [9.17, 15) is 4.79 Å². The number of hydrogen-bond donors (Lipinski definition) is 0. The highest BCUT2D eigenvalue weighted by molar-refractivity contribution is 6.33. The highest BCUT2D eigenvalue weighted by Crippen LogP contribution is 2.20. The van der Waals surface area contributed by atoms with Crippen LogP contribution < -0.4 is 0 Å². The van der Waals surface area contributed by atoms with Crippen LogP contribution in [-0.4, -0.2) is 35.6 Å². The van der Waals surface area contributed by atoms with E-state index in [-0.39, 0.29) is 5.91 Å². The fraction of sp³-hybridized carbons (Fsp3) is 0.227. The summed E-state index contributed by atoms with van der Waals surface area (Å²) in [6, 6.07) is 18.8. The molecule has 0 aliphatic rings. The molecular weight excluding hydrogens is 395 g/mol. The third-order valence-corrected chi connectivity index (χ3v) is 5.23. The van der Waals surface area contributed by atoms with Gasteiger partial charge in [-0.1, -0.05) is 53.5 Å². The second kappa shape index (κ2) is 9.78. The molecule has 0 bridgehead atoms. The number of halogens is 2. The monoisotopic (exact) mass is 416 g/mol. The van der Waals surface area contributed by atoms with E-state index in [2.05, 4.69) is 4.57 Å². The lowest BCUT2D eigenvalue weighted by atomic mass is 10.2. The lowest BCUT2D eigenvalue weighted by molar-refractivity contribution is 0.0676. The highest BCUT2D eigenvalue weighted by Gasteiger charge is 2.19. The van der Waals surface area contributed by atoms with Gasteiger partial charge in [0, 0.05) is 37.1 Å². The van der Waals surface area contributed by atoms with Crippen molar-refractivity contribution >= 4 is 29.1 Å². The number of nitrogens with zero attached hydrogens (tertiary/aromatic N) is 2. The van der Waals surface area contributed by atoms with Crippen molar-refractivity contribution in [2.75, 3.05) is 20.3 Å². The lowest BCUT2D eigenvalue weighted by Crippen LogP contribution is -2.34. The number of aromatic nitrogens is 1. The first-order valence-corrected chi connectivity index (χ1v) is 9.76. The summed E-state index contributed by atoms with van der Waals surface area (Å²) in [7, 11) is 1.62. The Kier molecular flexibility index (Phi) is 7.15. The molecule has 2 aromatic carbocycles. The van der Waals surface area contributed by atoms with Crippen LogP contribution in [0.1, 0.15) is 21.6 Å². The van der Waals surface area contributed by atoms with Gasteiger partial charge in [0.25, 0.3) is 5.91 Å². The Hall–Kier alpha value is -2.27. The maximum Gasteiger partial charge on any atom is 0.255 e. The van der Waals surface area contributed by atoms with Gasteiger partial charge >= 0.3 is 0 Å². The van der Waals surface area contributed by atoms with Gasteiger partial charge in [-0.15, -0.1) is 0 Å². The fourth-order valence-corrected chi connectivity index (χ4v) is 3.42. The third kappa shape index (κ3) is 4.96. The van der Waals surface area contributed by atoms with Gasteiger partial charge in [-0.05, 0) is 35.9 Å². The van der Waals surface area contributed by atoms with Gasteiger partial charge in [0.05, 0.1) is 23.7 Å². The number of rotatable bonds is 8. The first-order chi connectivity index (χ1) is 13.6. The Morgan fingerprint density at radius 3 is 2.43 bits per heavy atom. The van der Waals surface area contributed by atoms with Gasteiger partial charge in [0.15, 0.2) is 0 Å². The summed E-state index contributed by atoms with van der Waals surface area (Å²) in [5.41, 5.74) is 2.53. The molecule has 28 heavy (non-hydrogen) atoms. The van der Waals surface area contributed by atoms with Crippen LogP contribution in [0.2, 0.25) is 10.0 Å². The molecule has 0 atom stereocenters. The Labute approximate surface area is 175 Å². The molecule has 0 saturated carbocycles. The van der Waals surface area contributed by atoms with Crippen LogP contribution in [0.3, 0.4) is 0 Å². The molecule has 4 nitrogen and oxygen atoms in total. The minimum absolute atomic E-state index is 0.117. The van der Waals surface area contributed by atoms with E-state index in [4.69, 9.17) is 27.9 Å². The van der Waals surface area contributed by atoms with E-state index >= 15 is 0 Å². The molecule has 0 unspecified atom stereocenters. The van der Waals surface area contributed by atoms with Gasteiger partial charge in [-0.3, -0.25) is 4.79 Å². The van der Waals surface area contributed by atoms with Crippen molar-refractivity contribution in [2.45, 2.75) is 13.1 Å². The molecule has 1 aromatic heterocycles. The predicted octanol–water partition coefficient (Wildman–Crippen LogP) is 5.13. The minimum atomic E-state index is -0.117. The second-order valence-corrected chi connectivity index (χ2v) is 7.23. The van der Waals surface area contributed by atoms with Crippen molar-refractivity contribution in [3.05, 3.63) is 93.7 Å². The molecule has 3 aromatic rings. The average molecular weight is 417 g/mol. The largest absolute Gasteiger partial charge is 0.383 e. The minimum Gasteiger partial charge on any atom is -0.383 e. The standard InChI is InChI=1S/C22H22Cl2N2O2/c1-28-14-13-26(22(27)19-9-3-5-11-21(19)24)16-18-8-6-12-25(18)15-17-7-2-4-10-20(17)23/h2-12H,13-16H2,1H3. The van der Waals surface area contributed by atoms with Gasteiger partial charge in [-0.25, -0.2) is 0 Å². The van der Waals surface area contributed by atoms with Crippen molar-refractivity contribution in [1.29, 1.82) is 0 Å². The summed E-state index contributed by atoms with van der Waals surface area (Å²) < 4.78 is 7.30. The molecule has 0 spiro atoms. The smallest absolute Gasteiger partial charge is 0.255 e. The van der Waals surface area contributed by atoms with E-state index in [1.165, 1.54) is 0 Å². The number of amides is 1. The van der Waals surface area contributed by atoms with Crippen LogP contribution in [0.25, 0.3) is 0 Å². The molecule has 146 valence electrons. The van der Waals surface area contributed by atoms with Crippen molar-refractivity contribution in [3.8, 4) is 0 Å². The quantitative estimate of drug-likeness (QED) is 0.509. The normalized spacial score (nSPS) is 10.8. The van der Waals surface area contributed by atoms with Crippen molar-refractivity contribution in [3.63, 3.8) is 0 Å². The van der Waals surface area contributed by atoms with E-state index in [0.717, 1.165) is 16.3 Å². The summed E-state index contributed by atoms with van der Waals surface area (Å²) >= 11 is 12.5. The topological polar surface area (TPSA) is 34.5 Å². The van der Waals surface area contributed by atoms with E-state index < -0.39 is 0 Å². The summed E-state index contributed by atoms with van der Waals surface area (Å²) in [6.45, 7) is 2.00. The first kappa shape index (κ1) is 20.5. The molecule has 1 amide bonds. The molecule has 0 aliphatic carbocycles. The van der Waals surface area contributed by atoms with Gasteiger partial charge in [0.2, 0.25) is 0 Å². The summed E-state index contributed by atoms with van der Waals surface area (Å²) in [6.07, 6.45) is 1.99. The Balaban J connectivity index is 1.82. The second-order valence-electron chi connectivity index (χ2n) is 6.42. The van der Waals surface area contributed by atoms with Crippen molar-refractivity contribution in [1.82, 2.24) is 9.47 Å². The summed E-state index contributed by atoms with van der Waals surface area (Å²) in [5, 5.41) is 1.17. The maximum absolute atomic E-state index is 13.1. The Bertz CT molecular complexity index is 940. The number of carbonyl (C=O) groups excluding carboxylic acids is 1. The number of benzene rings is 2. The highest BCUT2D eigenvalue weighted by atomic mass is 35.5. The zero-order valence-corrected chi connectivity index (χ0v) is 17.2. The Morgan fingerprint density at radius 2 is 1.71 bits per heavy atom. The number of carbonyl (C=O) groups is 1. The fourth-order valence-electron chi connectivity index (χ4n) is 3.01. The zero-order chi connectivity index (χ0) is 19.9. The van der Waals surface area contributed by atoms with Gasteiger partial charge in [0.1, 0.15) is 0 Å². The molecule has 6 heteroatoms. The van der Waals surface area contributed by atoms with Gasteiger partial charge in [-0.2, -0.15) is 0 Å². The number of hydrogen-bond acceptors (Lipinski definition) is 2. The van der Waals surface area contributed by atoms with Crippen LogP contribution >= 0.6 is 23.2 Å². The maximum atomic E-state index is 13.1. The van der Waals surface area contributed by atoms with Crippen LogP contribution in [0.4, 0.5) is 0 Å². The van der Waals surface area contributed by atoms with E-state index in [1.54, 1.807) is 24.1 Å². The first-order valence-electron chi connectivity index (χ1n) is 9.00. The van der Waals surface area contributed by atoms with Crippen LogP contribution in [0.15, 0.2) is 66.9 Å². The lowest BCUT2D eigenvalue weighted by Gasteiger charge is -2.24. The average Bonchev–Trinajstić information content (AvgIpc) is 3.13.